The summed E-state index contributed by atoms with van der Waals surface area (Å²) >= 11 is 5.96. The second-order valence-electron chi connectivity index (χ2n) is 10.4. The van der Waals surface area contributed by atoms with Gasteiger partial charge in [0.25, 0.3) is 0 Å². The summed E-state index contributed by atoms with van der Waals surface area (Å²) in [5, 5.41) is 7.03. The lowest BCUT2D eigenvalue weighted by Crippen LogP contribution is -2.29. The van der Waals surface area contributed by atoms with E-state index in [0.29, 0.717) is 16.5 Å². The molecule has 2 aromatic carbocycles. The molecule has 1 saturated heterocycles. The number of methoxy groups -OCH3 is 1. The molecule has 8 nitrogen and oxygen atoms in total. The van der Waals surface area contributed by atoms with Crippen LogP contribution in [0.2, 0.25) is 0 Å². The highest BCUT2D eigenvalue weighted by Crippen LogP contribution is 2.45. The summed E-state index contributed by atoms with van der Waals surface area (Å²) in [4.78, 5) is 21.1. The van der Waals surface area contributed by atoms with Crippen LogP contribution < -0.4 is 25.2 Å². The van der Waals surface area contributed by atoms with E-state index in [4.69, 9.17) is 21.9 Å². The average molecular weight is 583 g/mol. The number of nitrogens with zero attached hydrogens (tertiary/aromatic N) is 4. The van der Waals surface area contributed by atoms with E-state index in [1.807, 2.05) is 42.6 Å². The van der Waals surface area contributed by atoms with Gasteiger partial charge in [0, 0.05) is 54.7 Å². The molecule has 1 aliphatic rings. The van der Waals surface area contributed by atoms with E-state index in [1.54, 1.807) is 7.11 Å². The van der Waals surface area contributed by atoms with Crippen LogP contribution >= 0.6 is 12.2 Å². The second-order valence-corrected chi connectivity index (χ2v) is 10.8. The van der Waals surface area contributed by atoms with Gasteiger partial charge < -0.3 is 29.7 Å². The molecule has 0 radical (unpaired) electrons. The predicted molar refractivity (Wildman–Crippen MR) is 174 cm³/mol. The lowest BCUT2D eigenvalue weighted by molar-refractivity contribution is -0.114. The summed E-state index contributed by atoms with van der Waals surface area (Å²) in [5.41, 5.74) is 8.05. The first-order valence-electron chi connectivity index (χ1n) is 14.3. The van der Waals surface area contributed by atoms with Crippen LogP contribution in [0.4, 0.5) is 17.1 Å². The Hall–Kier alpha value is -4.37. The molecule has 2 atom stereocenters. The molecular weight excluding hydrogens is 544 g/mol. The Kier molecular flexibility index (Phi) is 8.49. The molecule has 1 amide bonds. The first kappa shape index (κ1) is 29.1. The van der Waals surface area contributed by atoms with E-state index in [-0.39, 0.29) is 18.0 Å². The number of carbonyl (C=O) groups excluding carboxylic acids is 1. The number of aromatic nitrogens is 2. The first-order valence-corrected chi connectivity index (χ1v) is 14.7. The maximum Gasteiger partial charge on any atom is 0.221 e. The summed E-state index contributed by atoms with van der Waals surface area (Å²) in [5.74, 6) is 0.405. The summed E-state index contributed by atoms with van der Waals surface area (Å²) in [6, 6.07) is 22.3. The van der Waals surface area contributed by atoms with E-state index < -0.39 is 0 Å². The predicted octanol–water partition coefficient (Wildman–Crippen LogP) is 6.48. The lowest BCUT2D eigenvalue weighted by Gasteiger charge is -2.29. The molecule has 1 aliphatic heterocycles. The van der Waals surface area contributed by atoms with Crippen LogP contribution in [0.5, 0.6) is 5.75 Å². The van der Waals surface area contributed by atoms with Crippen LogP contribution in [-0.2, 0) is 4.79 Å². The van der Waals surface area contributed by atoms with Gasteiger partial charge in [0.05, 0.1) is 30.6 Å². The highest BCUT2D eigenvalue weighted by molar-refractivity contribution is 7.80. The van der Waals surface area contributed by atoms with Crippen molar-refractivity contribution in [3.05, 3.63) is 95.6 Å². The van der Waals surface area contributed by atoms with E-state index in [9.17, 15) is 4.79 Å². The Morgan fingerprint density at radius 3 is 2.38 bits per heavy atom. The SMILES string of the molecule is CCN(CC)c1ccc(-n2c(C)cc([C@H]3[C@H](c4ccccn4)NC(=S)N3c3ccc(OC)c(NC(C)=O)c3)c2C)cc1. The van der Waals surface area contributed by atoms with Crippen molar-refractivity contribution in [3.63, 3.8) is 0 Å². The largest absolute Gasteiger partial charge is 0.495 e. The third-order valence-corrected chi connectivity index (χ3v) is 8.21. The Morgan fingerprint density at radius 2 is 1.76 bits per heavy atom. The number of nitrogens with one attached hydrogen (secondary N) is 2. The number of pyridine rings is 1. The smallest absolute Gasteiger partial charge is 0.221 e. The van der Waals surface area contributed by atoms with Crippen LogP contribution in [0.3, 0.4) is 0 Å². The van der Waals surface area contributed by atoms with Crippen LogP contribution in [0.25, 0.3) is 5.69 Å². The van der Waals surface area contributed by atoms with Crippen molar-refractivity contribution in [3.8, 4) is 11.4 Å². The number of carbonyl (C=O) groups is 1. The van der Waals surface area contributed by atoms with Crippen LogP contribution in [-0.4, -0.2) is 40.8 Å². The number of amides is 1. The molecule has 218 valence electrons. The highest BCUT2D eigenvalue weighted by atomic mass is 32.1. The zero-order chi connectivity index (χ0) is 30.0. The van der Waals surface area contributed by atoms with Crippen molar-refractivity contribution in [1.29, 1.82) is 0 Å². The standard InChI is InChI=1S/C33H38N6O2S/c1-7-37(8-2)24-12-14-25(15-13-24)38-21(3)19-27(22(38)4)32-31(28-11-9-10-18-34-28)36-33(42)39(32)26-16-17-30(41-6)29(20-26)35-23(5)40/h9-20,31-32H,7-8H2,1-6H3,(H,35,40)(H,36,42)/t31-,32-/m0/s1. The topological polar surface area (TPSA) is 74.7 Å². The van der Waals surface area contributed by atoms with Gasteiger partial charge in [0.15, 0.2) is 5.11 Å². The Balaban J connectivity index is 1.63. The average Bonchev–Trinajstić information content (AvgIpc) is 3.48. The fourth-order valence-electron chi connectivity index (χ4n) is 5.97. The number of rotatable bonds is 9. The minimum Gasteiger partial charge on any atom is -0.495 e. The van der Waals surface area contributed by atoms with E-state index in [1.165, 1.54) is 12.6 Å². The summed E-state index contributed by atoms with van der Waals surface area (Å²) in [6.45, 7) is 12.1. The van der Waals surface area contributed by atoms with Gasteiger partial charge in [0.2, 0.25) is 5.91 Å². The van der Waals surface area contributed by atoms with Crippen molar-refractivity contribution < 1.29 is 9.53 Å². The molecule has 4 aromatic rings. The molecule has 3 heterocycles. The van der Waals surface area contributed by atoms with Gasteiger partial charge in [-0.05, 0) is 106 Å². The summed E-state index contributed by atoms with van der Waals surface area (Å²) < 4.78 is 7.82. The molecular formula is C33H38N6O2S. The molecule has 0 aliphatic carbocycles. The number of hydrogen-bond acceptors (Lipinski definition) is 5. The molecule has 9 heteroatoms. The molecule has 0 bridgehead atoms. The van der Waals surface area contributed by atoms with Crippen LogP contribution in [0, 0.1) is 13.8 Å². The zero-order valence-corrected chi connectivity index (χ0v) is 25.8. The lowest BCUT2D eigenvalue weighted by atomic mass is 9.96. The van der Waals surface area contributed by atoms with Gasteiger partial charge in [-0.2, -0.15) is 0 Å². The summed E-state index contributed by atoms with van der Waals surface area (Å²) in [6.07, 6.45) is 1.81. The molecule has 0 saturated carbocycles. The van der Waals surface area contributed by atoms with Gasteiger partial charge in [-0.3, -0.25) is 9.78 Å². The molecule has 2 N–H and O–H groups in total. The minimum atomic E-state index is -0.194. The Morgan fingerprint density at radius 1 is 1.05 bits per heavy atom. The molecule has 42 heavy (non-hydrogen) atoms. The molecule has 0 unspecified atom stereocenters. The fourth-order valence-corrected chi connectivity index (χ4v) is 6.31. The number of benzene rings is 2. The van der Waals surface area contributed by atoms with Gasteiger partial charge in [-0.1, -0.05) is 6.07 Å². The number of anilines is 3. The van der Waals surface area contributed by atoms with Crippen molar-refractivity contribution in [2.24, 2.45) is 0 Å². The van der Waals surface area contributed by atoms with Crippen LogP contribution in [0.15, 0.2) is 72.9 Å². The normalized spacial score (nSPS) is 16.3. The maximum absolute atomic E-state index is 12.0. The molecule has 5 rings (SSSR count). The van der Waals surface area contributed by atoms with Gasteiger partial charge in [-0.25, -0.2) is 0 Å². The minimum absolute atomic E-state index is 0.175. The fraction of sp³-hybridized carbons (Fsp3) is 0.303. The molecule has 2 aromatic heterocycles. The number of ether oxygens (including phenoxy) is 1. The summed E-state index contributed by atoms with van der Waals surface area (Å²) in [7, 11) is 1.59. The van der Waals surface area contributed by atoms with Crippen molar-refractivity contribution >= 4 is 40.3 Å². The van der Waals surface area contributed by atoms with Gasteiger partial charge >= 0.3 is 0 Å². The molecule has 0 spiro atoms. The quantitative estimate of drug-likeness (QED) is 0.219. The number of aryl methyl sites for hydroxylation is 1. The van der Waals surface area contributed by atoms with Crippen LogP contribution in [0.1, 0.15) is 55.5 Å². The monoisotopic (exact) mass is 582 g/mol. The van der Waals surface area contributed by atoms with E-state index >= 15 is 0 Å². The highest BCUT2D eigenvalue weighted by Gasteiger charge is 2.42. The van der Waals surface area contributed by atoms with E-state index in [0.717, 1.165) is 47.1 Å². The third kappa shape index (κ3) is 5.44. The number of hydrogen-bond donors (Lipinski definition) is 2. The zero-order valence-electron chi connectivity index (χ0n) is 25.0. The number of thiocarbonyl (C=S) groups is 1. The van der Waals surface area contributed by atoms with Crippen molar-refractivity contribution in [1.82, 2.24) is 14.9 Å². The second kappa shape index (κ2) is 12.2. The van der Waals surface area contributed by atoms with Gasteiger partial charge in [0.1, 0.15) is 5.75 Å². The first-order chi connectivity index (χ1) is 20.3. The van der Waals surface area contributed by atoms with E-state index in [2.05, 4.69) is 83.0 Å². The third-order valence-electron chi connectivity index (χ3n) is 7.90. The van der Waals surface area contributed by atoms with Crippen molar-refractivity contribution in [2.75, 3.05) is 35.3 Å². The Bertz CT molecular complexity index is 1580. The van der Waals surface area contributed by atoms with Gasteiger partial charge in [-0.15, -0.1) is 0 Å². The molecule has 1 fully saturated rings. The Labute approximate surface area is 253 Å². The van der Waals surface area contributed by atoms with Crippen molar-refractivity contribution in [2.45, 2.75) is 46.7 Å². The maximum atomic E-state index is 12.0.